The second-order valence-corrected chi connectivity index (χ2v) is 4.00. The van der Waals surface area contributed by atoms with E-state index in [2.05, 4.69) is 5.32 Å². The Bertz CT molecular complexity index is 399. The van der Waals surface area contributed by atoms with Gasteiger partial charge in [-0.2, -0.15) is 0 Å². The lowest BCUT2D eigenvalue weighted by Gasteiger charge is -2.14. The third kappa shape index (κ3) is 6.14. The molecule has 0 aliphatic rings. The van der Waals surface area contributed by atoms with Gasteiger partial charge in [0.2, 0.25) is 5.91 Å². The standard InChI is InChI=1S/C12H17FN2O4/c13-8-1-3-10(4-2-8)19-7-9(16)5-15-6-11(17)12(14)18/h1-4,9,11,15-17H,5-7H2,(H2,14,18). The van der Waals surface area contributed by atoms with Crippen molar-refractivity contribution in [1.29, 1.82) is 0 Å². The maximum absolute atomic E-state index is 12.6. The molecule has 0 aromatic heterocycles. The number of hydrogen-bond donors (Lipinski definition) is 4. The Balaban J connectivity index is 2.19. The highest BCUT2D eigenvalue weighted by Crippen LogP contribution is 2.11. The number of aliphatic hydroxyl groups excluding tert-OH is 2. The first-order valence-electron chi connectivity index (χ1n) is 5.73. The summed E-state index contributed by atoms with van der Waals surface area (Å²) in [7, 11) is 0. The molecular formula is C12H17FN2O4. The summed E-state index contributed by atoms with van der Waals surface area (Å²) < 4.78 is 17.8. The molecule has 1 rings (SSSR count). The first kappa shape index (κ1) is 15.4. The summed E-state index contributed by atoms with van der Waals surface area (Å²) >= 11 is 0. The molecule has 106 valence electrons. The minimum absolute atomic E-state index is 0.00526. The van der Waals surface area contributed by atoms with Crippen molar-refractivity contribution in [2.45, 2.75) is 12.2 Å². The van der Waals surface area contributed by atoms with Crippen molar-refractivity contribution in [2.24, 2.45) is 5.73 Å². The monoisotopic (exact) mass is 272 g/mol. The number of carbonyl (C=O) groups excluding carboxylic acids is 1. The molecule has 0 bridgehead atoms. The van der Waals surface area contributed by atoms with Crippen LogP contribution in [-0.4, -0.2) is 48.0 Å². The number of hydrogen-bond acceptors (Lipinski definition) is 5. The SMILES string of the molecule is NC(=O)C(O)CNCC(O)COc1ccc(F)cc1. The van der Waals surface area contributed by atoms with E-state index < -0.39 is 18.1 Å². The van der Waals surface area contributed by atoms with E-state index in [9.17, 15) is 14.3 Å². The van der Waals surface area contributed by atoms with Crippen LogP contribution in [0.1, 0.15) is 0 Å². The fraction of sp³-hybridized carbons (Fsp3) is 0.417. The zero-order valence-electron chi connectivity index (χ0n) is 10.3. The molecule has 0 heterocycles. The fourth-order valence-corrected chi connectivity index (χ4v) is 1.27. The van der Waals surface area contributed by atoms with Crippen LogP contribution < -0.4 is 15.8 Å². The minimum Gasteiger partial charge on any atom is -0.491 e. The van der Waals surface area contributed by atoms with Crippen LogP contribution in [0.25, 0.3) is 0 Å². The third-order valence-corrected chi connectivity index (χ3v) is 2.30. The average Bonchev–Trinajstić information content (AvgIpc) is 2.37. The molecule has 2 unspecified atom stereocenters. The summed E-state index contributed by atoms with van der Waals surface area (Å²) in [6, 6.07) is 5.41. The summed E-state index contributed by atoms with van der Waals surface area (Å²) in [4.78, 5) is 10.5. The Kier molecular flexibility index (Phi) is 6.20. The molecule has 19 heavy (non-hydrogen) atoms. The largest absolute Gasteiger partial charge is 0.491 e. The lowest BCUT2D eigenvalue weighted by Crippen LogP contribution is -2.41. The molecule has 0 aliphatic carbocycles. The van der Waals surface area contributed by atoms with E-state index in [-0.39, 0.29) is 25.5 Å². The van der Waals surface area contributed by atoms with Gasteiger partial charge in [0.15, 0.2) is 0 Å². The van der Waals surface area contributed by atoms with Gasteiger partial charge < -0.3 is 26.0 Å². The molecule has 0 saturated carbocycles. The van der Waals surface area contributed by atoms with Crippen molar-refractivity contribution in [3.63, 3.8) is 0 Å². The summed E-state index contributed by atoms with van der Waals surface area (Å²) in [6.45, 7) is 0.0970. The van der Waals surface area contributed by atoms with Crippen LogP contribution in [0.5, 0.6) is 5.75 Å². The van der Waals surface area contributed by atoms with Gasteiger partial charge in [0.25, 0.3) is 0 Å². The molecule has 1 aromatic carbocycles. The van der Waals surface area contributed by atoms with Gasteiger partial charge in [-0.05, 0) is 24.3 Å². The topological polar surface area (TPSA) is 105 Å². The van der Waals surface area contributed by atoms with Crippen molar-refractivity contribution >= 4 is 5.91 Å². The second-order valence-electron chi connectivity index (χ2n) is 4.00. The molecule has 1 aromatic rings. The Hall–Kier alpha value is -1.70. The Morgan fingerprint density at radius 1 is 1.32 bits per heavy atom. The fourth-order valence-electron chi connectivity index (χ4n) is 1.27. The molecule has 2 atom stereocenters. The van der Waals surface area contributed by atoms with Crippen LogP contribution in [0.4, 0.5) is 4.39 Å². The lowest BCUT2D eigenvalue weighted by atomic mass is 10.3. The zero-order chi connectivity index (χ0) is 14.3. The van der Waals surface area contributed by atoms with Crippen molar-refractivity contribution in [1.82, 2.24) is 5.32 Å². The summed E-state index contributed by atoms with van der Waals surface area (Å²) in [5, 5.41) is 21.3. The lowest BCUT2D eigenvalue weighted by molar-refractivity contribution is -0.125. The number of ether oxygens (including phenoxy) is 1. The number of nitrogens with one attached hydrogen (secondary N) is 1. The van der Waals surface area contributed by atoms with E-state index in [0.29, 0.717) is 5.75 Å². The molecule has 7 heteroatoms. The van der Waals surface area contributed by atoms with E-state index >= 15 is 0 Å². The molecule has 1 amide bonds. The number of carbonyl (C=O) groups is 1. The van der Waals surface area contributed by atoms with Gasteiger partial charge in [0, 0.05) is 13.1 Å². The van der Waals surface area contributed by atoms with Crippen LogP contribution in [0.15, 0.2) is 24.3 Å². The average molecular weight is 272 g/mol. The maximum atomic E-state index is 12.6. The van der Waals surface area contributed by atoms with Crippen LogP contribution in [-0.2, 0) is 4.79 Å². The van der Waals surface area contributed by atoms with Crippen molar-refractivity contribution in [3.05, 3.63) is 30.1 Å². The van der Waals surface area contributed by atoms with Crippen molar-refractivity contribution < 1.29 is 24.1 Å². The minimum atomic E-state index is -1.29. The predicted octanol–water partition coefficient (Wildman–Crippen LogP) is -0.999. The molecule has 0 spiro atoms. The number of rotatable bonds is 8. The first-order valence-corrected chi connectivity index (χ1v) is 5.73. The highest BCUT2D eigenvalue weighted by Gasteiger charge is 2.11. The van der Waals surface area contributed by atoms with Crippen molar-refractivity contribution in [3.8, 4) is 5.75 Å². The number of aliphatic hydroxyl groups is 2. The van der Waals surface area contributed by atoms with Crippen LogP contribution in [0.3, 0.4) is 0 Å². The molecule has 6 nitrogen and oxygen atoms in total. The molecule has 0 radical (unpaired) electrons. The highest BCUT2D eigenvalue weighted by molar-refractivity contribution is 5.78. The van der Waals surface area contributed by atoms with E-state index in [0.717, 1.165) is 0 Å². The van der Waals surface area contributed by atoms with E-state index in [1.165, 1.54) is 24.3 Å². The quantitative estimate of drug-likeness (QED) is 0.486. The van der Waals surface area contributed by atoms with E-state index in [4.69, 9.17) is 15.6 Å². The number of primary amides is 1. The number of amides is 1. The van der Waals surface area contributed by atoms with Crippen LogP contribution in [0.2, 0.25) is 0 Å². The number of benzene rings is 1. The Morgan fingerprint density at radius 3 is 2.53 bits per heavy atom. The van der Waals surface area contributed by atoms with Gasteiger partial charge in [-0.25, -0.2) is 4.39 Å². The first-order chi connectivity index (χ1) is 8.99. The van der Waals surface area contributed by atoms with Gasteiger partial charge in [-0.15, -0.1) is 0 Å². The number of nitrogens with two attached hydrogens (primary N) is 1. The Labute approximate surface area is 110 Å². The van der Waals surface area contributed by atoms with E-state index in [1.54, 1.807) is 0 Å². The Morgan fingerprint density at radius 2 is 1.95 bits per heavy atom. The van der Waals surface area contributed by atoms with Gasteiger partial charge in [0.05, 0.1) is 0 Å². The highest BCUT2D eigenvalue weighted by atomic mass is 19.1. The number of halogens is 1. The third-order valence-electron chi connectivity index (χ3n) is 2.30. The van der Waals surface area contributed by atoms with Crippen molar-refractivity contribution in [2.75, 3.05) is 19.7 Å². The molecule has 0 fully saturated rings. The smallest absolute Gasteiger partial charge is 0.247 e. The van der Waals surface area contributed by atoms with Gasteiger partial charge in [-0.3, -0.25) is 4.79 Å². The summed E-state index contributed by atoms with van der Waals surface area (Å²) in [6.07, 6.45) is -2.12. The second kappa shape index (κ2) is 7.67. The normalized spacial score (nSPS) is 13.8. The molecule has 0 aliphatic heterocycles. The van der Waals surface area contributed by atoms with Gasteiger partial charge in [-0.1, -0.05) is 0 Å². The zero-order valence-corrected chi connectivity index (χ0v) is 10.3. The summed E-state index contributed by atoms with van der Waals surface area (Å²) in [5.41, 5.74) is 4.85. The van der Waals surface area contributed by atoms with Crippen LogP contribution >= 0.6 is 0 Å². The van der Waals surface area contributed by atoms with E-state index in [1.807, 2.05) is 0 Å². The maximum Gasteiger partial charge on any atom is 0.247 e. The predicted molar refractivity (Wildman–Crippen MR) is 66.0 cm³/mol. The van der Waals surface area contributed by atoms with Crippen LogP contribution in [0, 0.1) is 5.82 Å². The van der Waals surface area contributed by atoms with Gasteiger partial charge >= 0.3 is 0 Å². The summed E-state index contributed by atoms with van der Waals surface area (Å²) in [5.74, 6) is -0.753. The molecule has 5 N–H and O–H groups in total. The molecular weight excluding hydrogens is 255 g/mol. The van der Waals surface area contributed by atoms with Gasteiger partial charge in [0.1, 0.15) is 30.4 Å². The molecule has 0 saturated heterocycles.